The number of nitrogens with zero attached hydrogens (tertiary/aromatic N) is 2. The van der Waals surface area contributed by atoms with Crippen molar-refractivity contribution in [2.24, 2.45) is 5.92 Å². The molecule has 0 aliphatic carbocycles. The van der Waals surface area contributed by atoms with Gasteiger partial charge in [0.15, 0.2) is 0 Å². The fourth-order valence-electron chi connectivity index (χ4n) is 3.95. The lowest BCUT2D eigenvalue weighted by Gasteiger charge is -2.31. The van der Waals surface area contributed by atoms with E-state index >= 15 is 0 Å². The van der Waals surface area contributed by atoms with Gasteiger partial charge in [-0.3, -0.25) is 14.5 Å². The fourth-order valence-corrected chi connectivity index (χ4v) is 3.95. The highest BCUT2D eigenvalue weighted by Gasteiger charge is 2.29. The molecular formula is C23H25N3O4. The Kier molecular flexibility index (Phi) is 5.70. The summed E-state index contributed by atoms with van der Waals surface area (Å²) >= 11 is 0. The van der Waals surface area contributed by atoms with Gasteiger partial charge in [0.1, 0.15) is 6.61 Å². The molecule has 7 heteroatoms. The first-order valence-electron chi connectivity index (χ1n) is 10.2. The summed E-state index contributed by atoms with van der Waals surface area (Å²) < 4.78 is 4.97. The SMILES string of the molecule is Cc1ccccc1C(=O)N1CCC(C(=O)Nc2cccc(N3CCOC3=O)c2)CC1. The van der Waals surface area contributed by atoms with E-state index in [4.69, 9.17) is 4.74 Å². The quantitative estimate of drug-likeness (QED) is 0.842. The van der Waals surface area contributed by atoms with Gasteiger partial charge in [0.25, 0.3) is 5.91 Å². The number of hydrogen-bond acceptors (Lipinski definition) is 4. The molecule has 0 saturated carbocycles. The molecule has 2 aliphatic rings. The maximum Gasteiger partial charge on any atom is 0.414 e. The van der Waals surface area contributed by atoms with Crippen molar-refractivity contribution in [2.45, 2.75) is 19.8 Å². The first kappa shape index (κ1) is 19.9. The van der Waals surface area contributed by atoms with E-state index in [1.807, 2.05) is 42.2 Å². The smallest absolute Gasteiger partial charge is 0.414 e. The van der Waals surface area contributed by atoms with Gasteiger partial charge in [-0.15, -0.1) is 0 Å². The topological polar surface area (TPSA) is 79.0 Å². The predicted molar refractivity (Wildman–Crippen MR) is 114 cm³/mol. The Morgan fingerprint density at radius 1 is 1.03 bits per heavy atom. The number of likely N-dealkylation sites (tertiary alicyclic amines) is 1. The summed E-state index contributed by atoms with van der Waals surface area (Å²) in [7, 11) is 0. The van der Waals surface area contributed by atoms with Crippen molar-refractivity contribution in [1.29, 1.82) is 0 Å². The molecule has 2 aromatic carbocycles. The van der Waals surface area contributed by atoms with Crippen LogP contribution < -0.4 is 10.2 Å². The average Bonchev–Trinajstić information content (AvgIpc) is 3.20. The molecule has 0 unspecified atom stereocenters. The minimum atomic E-state index is -0.371. The number of aryl methyl sites for hydroxylation is 1. The van der Waals surface area contributed by atoms with Gasteiger partial charge in [-0.05, 0) is 49.6 Å². The summed E-state index contributed by atoms with van der Waals surface area (Å²) in [5, 5.41) is 2.95. The van der Waals surface area contributed by atoms with Crippen LogP contribution in [0.25, 0.3) is 0 Å². The molecule has 0 radical (unpaired) electrons. The van der Waals surface area contributed by atoms with Gasteiger partial charge in [-0.2, -0.15) is 0 Å². The number of anilines is 2. The molecule has 1 N–H and O–H groups in total. The van der Waals surface area contributed by atoms with Gasteiger partial charge in [-0.25, -0.2) is 4.79 Å². The summed E-state index contributed by atoms with van der Waals surface area (Å²) in [6.07, 6.45) is 0.882. The molecule has 156 valence electrons. The van der Waals surface area contributed by atoms with E-state index in [0.717, 1.165) is 11.1 Å². The molecule has 7 nitrogen and oxygen atoms in total. The molecule has 4 rings (SSSR count). The zero-order valence-electron chi connectivity index (χ0n) is 17.0. The second-order valence-electron chi connectivity index (χ2n) is 7.69. The fraction of sp³-hybridized carbons (Fsp3) is 0.348. The lowest BCUT2D eigenvalue weighted by molar-refractivity contribution is -0.121. The van der Waals surface area contributed by atoms with Crippen LogP contribution in [0.3, 0.4) is 0 Å². The van der Waals surface area contributed by atoms with Crippen molar-refractivity contribution < 1.29 is 19.1 Å². The molecule has 0 atom stereocenters. The summed E-state index contributed by atoms with van der Waals surface area (Å²) in [6.45, 7) is 3.93. The van der Waals surface area contributed by atoms with Crippen LogP contribution in [0.4, 0.5) is 16.2 Å². The molecule has 2 fully saturated rings. The molecule has 0 aromatic heterocycles. The highest BCUT2D eigenvalue weighted by Crippen LogP contribution is 2.25. The average molecular weight is 407 g/mol. The highest BCUT2D eigenvalue weighted by molar-refractivity contribution is 5.97. The standard InChI is InChI=1S/C23H25N3O4/c1-16-5-2-3-8-20(16)22(28)25-11-9-17(10-12-25)21(27)24-18-6-4-7-19(15-18)26-13-14-30-23(26)29/h2-8,15,17H,9-14H2,1H3,(H,24,27). The van der Waals surface area contributed by atoms with Crippen molar-refractivity contribution >= 4 is 29.3 Å². The third-order valence-electron chi connectivity index (χ3n) is 5.71. The third kappa shape index (κ3) is 4.15. The van der Waals surface area contributed by atoms with E-state index in [1.165, 1.54) is 0 Å². The molecule has 2 heterocycles. The zero-order valence-corrected chi connectivity index (χ0v) is 17.0. The number of piperidine rings is 1. The van der Waals surface area contributed by atoms with E-state index in [1.54, 1.807) is 23.1 Å². The van der Waals surface area contributed by atoms with E-state index in [2.05, 4.69) is 5.32 Å². The van der Waals surface area contributed by atoms with Crippen LogP contribution in [-0.2, 0) is 9.53 Å². The largest absolute Gasteiger partial charge is 0.447 e. The number of rotatable bonds is 4. The monoisotopic (exact) mass is 407 g/mol. The molecule has 30 heavy (non-hydrogen) atoms. The third-order valence-corrected chi connectivity index (χ3v) is 5.71. The minimum Gasteiger partial charge on any atom is -0.447 e. The number of ether oxygens (including phenoxy) is 1. The Morgan fingerprint density at radius 3 is 2.50 bits per heavy atom. The Morgan fingerprint density at radius 2 is 1.80 bits per heavy atom. The summed E-state index contributed by atoms with van der Waals surface area (Å²) in [6, 6.07) is 14.8. The van der Waals surface area contributed by atoms with Crippen LogP contribution in [0, 0.1) is 12.8 Å². The lowest BCUT2D eigenvalue weighted by atomic mass is 9.95. The lowest BCUT2D eigenvalue weighted by Crippen LogP contribution is -2.41. The summed E-state index contributed by atoms with van der Waals surface area (Å²) in [5.41, 5.74) is 3.03. The maximum atomic E-state index is 12.8. The molecule has 2 aromatic rings. The second kappa shape index (κ2) is 8.57. The van der Waals surface area contributed by atoms with Crippen molar-refractivity contribution in [3.05, 3.63) is 59.7 Å². The van der Waals surface area contributed by atoms with Gasteiger partial charge in [-0.1, -0.05) is 24.3 Å². The molecule has 3 amide bonds. The first-order valence-corrected chi connectivity index (χ1v) is 10.2. The van der Waals surface area contributed by atoms with E-state index in [9.17, 15) is 14.4 Å². The maximum absolute atomic E-state index is 12.8. The van der Waals surface area contributed by atoms with Crippen molar-refractivity contribution in [3.8, 4) is 0 Å². The van der Waals surface area contributed by atoms with Crippen LogP contribution in [-0.4, -0.2) is 49.0 Å². The normalized spacial score (nSPS) is 17.0. The number of carbonyl (C=O) groups is 3. The summed E-state index contributed by atoms with van der Waals surface area (Å²) in [4.78, 5) is 40.6. The molecular weight excluding hydrogens is 382 g/mol. The summed E-state index contributed by atoms with van der Waals surface area (Å²) in [5.74, 6) is -0.178. The predicted octanol–water partition coefficient (Wildman–Crippen LogP) is 3.44. The van der Waals surface area contributed by atoms with Gasteiger partial charge >= 0.3 is 6.09 Å². The molecule has 0 spiro atoms. The number of amides is 3. The number of hydrogen-bond donors (Lipinski definition) is 1. The Balaban J connectivity index is 1.34. The molecule has 2 aliphatic heterocycles. The number of carbonyl (C=O) groups excluding carboxylic acids is 3. The number of cyclic esters (lactones) is 1. The van der Waals surface area contributed by atoms with Crippen molar-refractivity contribution in [3.63, 3.8) is 0 Å². The van der Waals surface area contributed by atoms with Crippen LogP contribution in [0.1, 0.15) is 28.8 Å². The van der Waals surface area contributed by atoms with Crippen molar-refractivity contribution in [2.75, 3.05) is 36.5 Å². The number of benzene rings is 2. The van der Waals surface area contributed by atoms with Crippen LogP contribution in [0.5, 0.6) is 0 Å². The Hall–Kier alpha value is -3.35. The van der Waals surface area contributed by atoms with Crippen LogP contribution in [0.2, 0.25) is 0 Å². The highest BCUT2D eigenvalue weighted by atomic mass is 16.6. The van der Waals surface area contributed by atoms with Gasteiger partial charge in [0.05, 0.1) is 6.54 Å². The van der Waals surface area contributed by atoms with E-state index in [0.29, 0.717) is 50.5 Å². The van der Waals surface area contributed by atoms with Crippen LogP contribution >= 0.6 is 0 Å². The molecule has 2 saturated heterocycles. The Labute approximate surface area is 175 Å². The Bertz CT molecular complexity index is 966. The van der Waals surface area contributed by atoms with Gasteiger partial charge < -0.3 is 15.0 Å². The number of nitrogens with one attached hydrogen (secondary N) is 1. The van der Waals surface area contributed by atoms with Crippen molar-refractivity contribution in [1.82, 2.24) is 4.90 Å². The van der Waals surface area contributed by atoms with Gasteiger partial charge in [0, 0.05) is 35.9 Å². The first-order chi connectivity index (χ1) is 14.5. The second-order valence-corrected chi connectivity index (χ2v) is 7.69. The van der Waals surface area contributed by atoms with E-state index in [-0.39, 0.29) is 23.8 Å². The molecule has 0 bridgehead atoms. The van der Waals surface area contributed by atoms with Gasteiger partial charge in [0.2, 0.25) is 5.91 Å². The van der Waals surface area contributed by atoms with Crippen LogP contribution in [0.15, 0.2) is 48.5 Å². The minimum absolute atomic E-state index is 0.0251. The van der Waals surface area contributed by atoms with E-state index < -0.39 is 0 Å². The zero-order chi connectivity index (χ0) is 21.1.